The van der Waals surface area contributed by atoms with E-state index in [1.54, 1.807) is 13.8 Å². The molecule has 0 spiro atoms. The molecule has 0 radical (unpaired) electrons. The first-order chi connectivity index (χ1) is 13.6. The Hall–Kier alpha value is -1.15. The molecular weight excluding hydrogens is 356 g/mol. The van der Waals surface area contributed by atoms with Gasteiger partial charge in [-0.25, -0.2) is 0 Å². The lowest BCUT2D eigenvalue weighted by molar-refractivity contribution is -0.134. The average molecular weight is 397 g/mol. The predicted molar refractivity (Wildman–Crippen MR) is 119 cm³/mol. The standard InChI is InChI=1S/C27H40O2/c1-18(9-14-24(28)25(2,3)29)21-12-13-22-20-11-10-19-8-6-7-16-26(19,4)23(20)15-17-27(21,22)5/h7-8,10-11,16,18,20-23,29H,6,9,12-15,17H2,1-5H3/t18-,20+,21-,22+,23+,26+,27-/m1/s1. The van der Waals surface area contributed by atoms with Gasteiger partial charge in [-0.05, 0) is 93.0 Å². The summed E-state index contributed by atoms with van der Waals surface area (Å²) in [6.45, 7) is 10.6. The Morgan fingerprint density at radius 3 is 2.72 bits per heavy atom. The van der Waals surface area contributed by atoms with Gasteiger partial charge in [-0.15, -0.1) is 0 Å². The van der Waals surface area contributed by atoms with E-state index in [-0.39, 0.29) is 11.2 Å². The van der Waals surface area contributed by atoms with E-state index in [4.69, 9.17) is 0 Å². The third kappa shape index (κ3) is 3.40. The largest absolute Gasteiger partial charge is 0.383 e. The number of Topliss-reactive ketones (excluding diaryl/α,β-unsaturated/α-hetero) is 1. The lowest BCUT2D eigenvalue weighted by atomic mass is 9.49. The number of hydrogen-bond donors (Lipinski definition) is 1. The molecule has 0 unspecified atom stereocenters. The molecule has 0 saturated heterocycles. The third-order valence-corrected chi connectivity index (χ3v) is 9.43. The number of aliphatic hydroxyl groups is 1. The van der Waals surface area contributed by atoms with Gasteiger partial charge < -0.3 is 5.11 Å². The normalized spacial score (nSPS) is 41.9. The van der Waals surface area contributed by atoms with E-state index in [0.717, 1.165) is 24.7 Å². The molecule has 4 rings (SSSR count). The van der Waals surface area contributed by atoms with E-state index >= 15 is 0 Å². The first-order valence-corrected chi connectivity index (χ1v) is 11.9. The van der Waals surface area contributed by atoms with Gasteiger partial charge in [0.05, 0.1) is 0 Å². The lowest BCUT2D eigenvalue weighted by Crippen LogP contribution is -2.48. The summed E-state index contributed by atoms with van der Waals surface area (Å²) < 4.78 is 0. The van der Waals surface area contributed by atoms with Crippen LogP contribution in [0.25, 0.3) is 0 Å². The minimum Gasteiger partial charge on any atom is -0.383 e. The maximum absolute atomic E-state index is 12.2. The number of carbonyl (C=O) groups excluding carboxylic acids is 1. The molecule has 2 fully saturated rings. The molecule has 2 saturated carbocycles. The summed E-state index contributed by atoms with van der Waals surface area (Å²) in [6.07, 6.45) is 20.1. The summed E-state index contributed by atoms with van der Waals surface area (Å²) >= 11 is 0. The first-order valence-electron chi connectivity index (χ1n) is 11.9. The van der Waals surface area contributed by atoms with Crippen molar-refractivity contribution in [3.63, 3.8) is 0 Å². The van der Waals surface area contributed by atoms with Crippen LogP contribution in [0.5, 0.6) is 0 Å². The molecule has 1 N–H and O–H groups in total. The van der Waals surface area contributed by atoms with Crippen molar-refractivity contribution in [1.82, 2.24) is 0 Å². The van der Waals surface area contributed by atoms with Gasteiger partial charge in [0.2, 0.25) is 0 Å². The zero-order chi connectivity index (χ0) is 21.0. The van der Waals surface area contributed by atoms with E-state index in [1.807, 2.05) is 0 Å². The topological polar surface area (TPSA) is 37.3 Å². The number of fused-ring (bicyclic) bond motifs is 5. The molecule has 0 aromatic rings. The summed E-state index contributed by atoms with van der Waals surface area (Å²) in [5, 5.41) is 9.98. The van der Waals surface area contributed by atoms with Crippen molar-refractivity contribution < 1.29 is 9.90 Å². The van der Waals surface area contributed by atoms with Crippen molar-refractivity contribution in [2.75, 3.05) is 0 Å². The Balaban J connectivity index is 1.51. The van der Waals surface area contributed by atoms with E-state index in [9.17, 15) is 9.90 Å². The number of ketones is 1. The molecule has 160 valence electrons. The zero-order valence-electron chi connectivity index (χ0n) is 19.1. The minimum absolute atomic E-state index is 0.0145. The highest BCUT2D eigenvalue weighted by Crippen LogP contribution is 2.65. The summed E-state index contributed by atoms with van der Waals surface area (Å²) in [5.41, 5.74) is 0.958. The third-order valence-electron chi connectivity index (χ3n) is 9.43. The fourth-order valence-corrected chi connectivity index (χ4v) is 7.63. The Labute approximate surface area is 177 Å². The number of hydrogen-bond acceptors (Lipinski definition) is 2. The monoisotopic (exact) mass is 396 g/mol. The molecule has 2 heteroatoms. The van der Waals surface area contributed by atoms with Crippen molar-refractivity contribution >= 4 is 5.78 Å². The fourth-order valence-electron chi connectivity index (χ4n) is 7.63. The second-order valence-electron chi connectivity index (χ2n) is 11.5. The van der Waals surface area contributed by atoms with E-state index in [2.05, 4.69) is 51.2 Å². The van der Waals surface area contributed by atoms with Crippen molar-refractivity contribution in [2.24, 2.45) is 40.4 Å². The van der Waals surface area contributed by atoms with E-state index < -0.39 is 5.60 Å². The second-order valence-corrected chi connectivity index (χ2v) is 11.5. The molecule has 0 amide bonds. The van der Waals surface area contributed by atoms with Crippen LogP contribution in [0.4, 0.5) is 0 Å². The Morgan fingerprint density at radius 2 is 2.00 bits per heavy atom. The van der Waals surface area contributed by atoms with Crippen LogP contribution in [0, 0.1) is 40.4 Å². The molecular formula is C27H40O2. The van der Waals surface area contributed by atoms with Crippen LogP contribution in [-0.2, 0) is 4.79 Å². The summed E-state index contributed by atoms with van der Waals surface area (Å²) in [5.74, 6) is 3.42. The van der Waals surface area contributed by atoms with Gasteiger partial charge in [0, 0.05) is 11.8 Å². The van der Waals surface area contributed by atoms with Crippen LogP contribution < -0.4 is 0 Å². The van der Waals surface area contributed by atoms with Crippen LogP contribution in [0.3, 0.4) is 0 Å². The molecule has 4 aliphatic carbocycles. The first kappa shape index (κ1) is 21.1. The molecule has 0 aromatic heterocycles. The minimum atomic E-state index is -1.19. The molecule has 0 bridgehead atoms. The Bertz CT molecular complexity index is 751. The van der Waals surface area contributed by atoms with Gasteiger partial charge in [0.25, 0.3) is 0 Å². The Morgan fingerprint density at radius 1 is 1.24 bits per heavy atom. The quantitative estimate of drug-likeness (QED) is 0.557. The van der Waals surface area contributed by atoms with E-state index in [1.165, 1.54) is 31.3 Å². The van der Waals surface area contributed by atoms with Gasteiger partial charge in [0.15, 0.2) is 5.78 Å². The van der Waals surface area contributed by atoms with Crippen molar-refractivity contribution in [1.29, 1.82) is 0 Å². The summed E-state index contributed by atoms with van der Waals surface area (Å²) in [4.78, 5) is 12.2. The highest BCUT2D eigenvalue weighted by atomic mass is 16.3. The van der Waals surface area contributed by atoms with Gasteiger partial charge in [-0.3, -0.25) is 4.79 Å². The maximum Gasteiger partial charge on any atom is 0.163 e. The molecule has 4 aliphatic rings. The fraction of sp³-hybridized carbons (Fsp3) is 0.741. The summed E-state index contributed by atoms with van der Waals surface area (Å²) in [6, 6.07) is 0. The van der Waals surface area contributed by atoms with E-state index in [0.29, 0.717) is 29.6 Å². The number of rotatable bonds is 5. The molecule has 0 aromatic carbocycles. The van der Waals surface area contributed by atoms with Crippen LogP contribution in [0.1, 0.15) is 79.6 Å². The van der Waals surface area contributed by atoms with Gasteiger partial charge in [0.1, 0.15) is 5.60 Å². The smallest absolute Gasteiger partial charge is 0.163 e. The molecule has 29 heavy (non-hydrogen) atoms. The highest BCUT2D eigenvalue weighted by Gasteiger charge is 2.57. The maximum atomic E-state index is 12.2. The van der Waals surface area contributed by atoms with Crippen LogP contribution >= 0.6 is 0 Å². The molecule has 0 aliphatic heterocycles. The molecule has 7 atom stereocenters. The van der Waals surface area contributed by atoms with Gasteiger partial charge in [-0.1, -0.05) is 51.2 Å². The zero-order valence-corrected chi connectivity index (χ0v) is 19.1. The van der Waals surface area contributed by atoms with Crippen molar-refractivity contribution in [3.8, 4) is 0 Å². The average Bonchev–Trinajstić information content (AvgIpc) is 3.01. The van der Waals surface area contributed by atoms with Crippen LogP contribution in [0.15, 0.2) is 36.0 Å². The lowest BCUT2D eigenvalue weighted by Gasteiger charge is -2.55. The molecule has 2 nitrogen and oxygen atoms in total. The number of carbonyl (C=O) groups is 1. The SMILES string of the molecule is C[C@H](CCC(=O)C(C)(C)O)[C@H]1CC[C@H]2[C@@H]3C=CC4=CCC=C[C@]4(C)[C@H]3CC[C@]12C. The Kier molecular flexibility index (Phi) is 5.25. The highest BCUT2D eigenvalue weighted by molar-refractivity contribution is 5.86. The van der Waals surface area contributed by atoms with Gasteiger partial charge in [-0.2, -0.15) is 0 Å². The van der Waals surface area contributed by atoms with Crippen LogP contribution in [-0.4, -0.2) is 16.5 Å². The molecule has 0 heterocycles. The second kappa shape index (κ2) is 7.22. The summed E-state index contributed by atoms with van der Waals surface area (Å²) in [7, 11) is 0. The predicted octanol–water partition coefficient (Wildman–Crippen LogP) is 6.26. The number of allylic oxidation sites excluding steroid dienone is 6. The van der Waals surface area contributed by atoms with Crippen molar-refractivity contribution in [3.05, 3.63) is 36.0 Å². The van der Waals surface area contributed by atoms with Crippen molar-refractivity contribution in [2.45, 2.75) is 85.2 Å². The van der Waals surface area contributed by atoms with Gasteiger partial charge >= 0.3 is 0 Å². The van der Waals surface area contributed by atoms with Crippen LogP contribution in [0.2, 0.25) is 0 Å².